The van der Waals surface area contributed by atoms with Crippen molar-refractivity contribution in [2.45, 2.75) is 51.6 Å². The molecule has 6 rings (SSSR count). The van der Waals surface area contributed by atoms with E-state index in [1.807, 2.05) is 12.4 Å². The molecule has 0 bridgehead atoms. The molecule has 0 N–H and O–H groups in total. The number of ether oxygens (including phenoxy) is 2. The third kappa shape index (κ3) is 3.38. The van der Waals surface area contributed by atoms with Crippen molar-refractivity contribution in [1.29, 1.82) is 0 Å². The van der Waals surface area contributed by atoms with Gasteiger partial charge < -0.3 is 18.9 Å². The average Bonchev–Trinajstić information content (AvgIpc) is 3.15. The summed E-state index contributed by atoms with van der Waals surface area (Å²) < 4.78 is 13.2. The summed E-state index contributed by atoms with van der Waals surface area (Å²) >= 11 is 0. The zero-order valence-corrected chi connectivity index (χ0v) is 19.0. The van der Waals surface area contributed by atoms with Crippen molar-refractivity contribution in [3.63, 3.8) is 0 Å². The number of hydrogen-bond donors (Lipinski definition) is 0. The predicted octanol–water partition coefficient (Wildman–Crippen LogP) is 3.42. The number of rotatable bonds is 6. The molecule has 4 aliphatic rings. The van der Waals surface area contributed by atoms with Gasteiger partial charge in [-0.05, 0) is 56.7 Å². The Labute approximate surface area is 189 Å². The van der Waals surface area contributed by atoms with Gasteiger partial charge in [0, 0.05) is 50.9 Å². The summed E-state index contributed by atoms with van der Waals surface area (Å²) in [5.41, 5.74) is 1.90. The molecule has 1 spiro atoms. The van der Waals surface area contributed by atoms with Gasteiger partial charge in [0.2, 0.25) is 12.7 Å². The number of carbonyl (C=O) groups is 1. The van der Waals surface area contributed by atoms with Crippen LogP contribution in [0.15, 0.2) is 30.7 Å². The van der Waals surface area contributed by atoms with E-state index in [0.717, 1.165) is 62.3 Å². The van der Waals surface area contributed by atoms with Crippen LogP contribution in [0.3, 0.4) is 0 Å². The van der Waals surface area contributed by atoms with E-state index in [4.69, 9.17) is 14.5 Å². The van der Waals surface area contributed by atoms with Gasteiger partial charge in [0.1, 0.15) is 0 Å². The molecule has 3 aliphatic heterocycles. The Balaban J connectivity index is 1.28. The van der Waals surface area contributed by atoms with Gasteiger partial charge in [-0.1, -0.05) is 6.07 Å². The number of carbonyl (C=O) groups excluding carboxylic acids is 1. The zero-order chi connectivity index (χ0) is 21.9. The highest BCUT2D eigenvalue weighted by Crippen LogP contribution is 2.50. The number of likely N-dealkylation sites (tertiary alicyclic amines) is 2. The molecular weight excluding hydrogens is 404 g/mol. The average molecular weight is 437 g/mol. The third-order valence-electron chi connectivity index (χ3n) is 7.75. The lowest BCUT2D eigenvalue weighted by atomic mass is 9.75. The van der Waals surface area contributed by atoms with E-state index in [2.05, 4.69) is 46.5 Å². The van der Waals surface area contributed by atoms with Crippen molar-refractivity contribution in [1.82, 2.24) is 19.4 Å². The summed E-state index contributed by atoms with van der Waals surface area (Å²) in [6.45, 7) is 8.89. The minimum Gasteiger partial charge on any atom is -0.454 e. The zero-order valence-electron chi connectivity index (χ0n) is 19.0. The highest BCUT2D eigenvalue weighted by molar-refractivity contribution is 5.87. The Hall–Kier alpha value is -2.54. The molecular formula is C25H32N4O3. The van der Waals surface area contributed by atoms with Crippen LogP contribution in [-0.2, 0) is 11.3 Å². The van der Waals surface area contributed by atoms with E-state index in [1.54, 1.807) is 0 Å². The lowest BCUT2D eigenvalue weighted by molar-refractivity contribution is -0.136. The second-order valence-electron chi connectivity index (χ2n) is 10.4. The summed E-state index contributed by atoms with van der Waals surface area (Å²) in [5.74, 6) is 2.83. The lowest BCUT2D eigenvalue weighted by Gasteiger charge is -2.28. The van der Waals surface area contributed by atoms with Crippen molar-refractivity contribution in [2.24, 2.45) is 11.3 Å². The largest absolute Gasteiger partial charge is 0.454 e. The first-order valence-corrected chi connectivity index (χ1v) is 12.0. The molecule has 1 aliphatic carbocycles. The fourth-order valence-electron chi connectivity index (χ4n) is 5.73. The van der Waals surface area contributed by atoms with Crippen LogP contribution in [0.5, 0.6) is 11.5 Å². The molecule has 2 saturated heterocycles. The van der Waals surface area contributed by atoms with Crippen LogP contribution in [0.1, 0.15) is 56.3 Å². The van der Waals surface area contributed by atoms with E-state index >= 15 is 0 Å². The van der Waals surface area contributed by atoms with Crippen molar-refractivity contribution in [2.75, 3.05) is 33.0 Å². The van der Waals surface area contributed by atoms with Crippen LogP contribution in [0.25, 0.3) is 0 Å². The molecule has 2 atom stereocenters. The molecule has 1 amide bonds. The molecule has 0 unspecified atom stereocenters. The highest BCUT2D eigenvalue weighted by atomic mass is 16.7. The normalized spacial score (nSPS) is 27.4. The summed E-state index contributed by atoms with van der Waals surface area (Å²) in [7, 11) is 0. The summed E-state index contributed by atoms with van der Waals surface area (Å²) in [6, 6.07) is 6.54. The standard InChI is InChI=1S/C25H32N4O3/c1-17(2)29-13-21(26-15-29)20-12-27(10-19-5-6-22-23(9-19)32-16-31-22)14-25(20)7-8-28(24(25)30)11-18-3-4-18/h5-6,9,13,15,17-18,20H,3-4,7-8,10-12,14,16H2,1-2H3/t20-,25+/m1/s1. The van der Waals surface area contributed by atoms with E-state index in [9.17, 15) is 4.79 Å². The summed E-state index contributed by atoms with van der Waals surface area (Å²) in [5, 5.41) is 0. The molecule has 4 heterocycles. The summed E-state index contributed by atoms with van der Waals surface area (Å²) in [6.07, 6.45) is 7.56. The van der Waals surface area contributed by atoms with Gasteiger partial charge in [0.25, 0.3) is 0 Å². The fourth-order valence-corrected chi connectivity index (χ4v) is 5.73. The molecule has 0 radical (unpaired) electrons. The second-order valence-corrected chi connectivity index (χ2v) is 10.4. The monoisotopic (exact) mass is 436 g/mol. The smallest absolute Gasteiger partial charge is 0.231 e. The van der Waals surface area contributed by atoms with Crippen LogP contribution < -0.4 is 9.47 Å². The summed E-state index contributed by atoms with van der Waals surface area (Å²) in [4.78, 5) is 23.2. The molecule has 32 heavy (non-hydrogen) atoms. The van der Waals surface area contributed by atoms with Crippen LogP contribution >= 0.6 is 0 Å². The number of nitrogens with zero attached hydrogens (tertiary/aromatic N) is 4. The Morgan fingerprint density at radius 2 is 2.06 bits per heavy atom. The molecule has 170 valence electrons. The second kappa shape index (κ2) is 7.51. The maximum atomic E-state index is 13.8. The number of amides is 1. The van der Waals surface area contributed by atoms with Crippen LogP contribution in [0.2, 0.25) is 0 Å². The van der Waals surface area contributed by atoms with E-state index in [1.165, 1.54) is 18.4 Å². The minimum atomic E-state index is -0.360. The number of hydrogen-bond acceptors (Lipinski definition) is 5. The predicted molar refractivity (Wildman–Crippen MR) is 120 cm³/mol. The van der Waals surface area contributed by atoms with Crippen molar-refractivity contribution in [3.8, 4) is 11.5 Å². The third-order valence-corrected chi connectivity index (χ3v) is 7.75. The molecule has 2 aromatic rings. The topological polar surface area (TPSA) is 59.8 Å². The molecule has 7 nitrogen and oxygen atoms in total. The Morgan fingerprint density at radius 3 is 2.84 bits per heavy atom. The maximum absolute atomic E-state index is 13.8. The van der Waals surface area contributed by atoms with E-state index in [0.29, 0.717) is 11.9 Å². The minimum absolute atomic E-state index is 0.133. The van der Waals surface area contributed by atoms with Crippen molar-refractivity contribution < 1.29 is 14.3 Å². The SMILES string of the molecule is CC(C)n1cnc([C@H]2CN(Cc3ccc4c(c3)OCO4)C[C@@]23CCN(CC2CC2)C3=O)c1. The number of aromatic nitrogens is 2. The maximum Gasteiger partial charge on any atom is 0.231 e. The number of benzene rings is 1. The Morgan fingerprint density at radius 1 is 1.22 bits per heavy atom. The van der Waals surface area contributed by atoms with Gasteiger partial charge in [-0.15, -0.1) is 0 Å². The highest BCUT2D eigenvalue weighted by Gasteiger charge is 2.58. The number of imidazole rings is 1. The van der Waals surface area contributed by atoms with Gasteiger partial charge in [0.15, 0.2) is 11.5 Å². The molecule has 3 fully saturated rings. The Kier molecular flexibility index (Phi) is 4.72. The molecule has 1 aromatic carbocycles. The quantitative estimate of drug-likeness (QED) is 0.695. The van der Waals surface area contributed by atoms with Gasteiger partial charge in [-0.25, -0.2) is 4.98 Å². The molecule has 1 saturated carbocycles. The van der Waals surface area contributed by atoms with Crippen molar-refractivity contribution >= 4 is 5.91 Å². The fraction of sp³-hybridized carbons (Fsp3) is 0.600. The van der Waals surface area contributed by atoms with Crippen LogP contribution in [-0.4, -0.2) is 58.2 Å². The van der Waals surface area contributed by atoms with Crippen molar-refractivity contribution in [3.05, 3.63) is 42.0 Å². The van der Waals surface area contributed by atoms with Crippen LogP contribution in [0, 0.1) is 11.3 Å². The van der Waals surface area contributed by atoms with Gasteiger partial charge in [0.05, 0.1) is 17.4 Å². The van der Waals surface area contributed by atoms with Gasteiger partial charge in [-0.3, -0.25) is 9.69 Å². The van der Waals surface area contributed by atoms with Gasteiger partial charge in [-0.2, -0.15) is 0 Å². The lowest BCUT2D eigenvalue weighted by Crippen LogP contribution is -2.40. The first-order chi connectivity index (χ1) is 15.5. The Bertz CT molecular complexity index is 1030. The van der Waals surface area contributed by atoms with Crippen LogP contribution in [0.4, 0.5) is 0 Å². The van der Waals surface area contributed by atoms with E-state index in [-0.39, 0.29) is 18.1 Å². The first kappa shape index (κ1) is 20.1. The number of fused-ring (bicyclic) bond motifs is 1. The van der Waals surface area contributed by atoms with E-state index < -0.39 is 0 Å². The first-order valence-electron chi connectivity index (χ1n) is 12.0. The molecule has 7 heteroatoms. The molecule has 1 aromatic heterocycles. The van der Waals surface area contributed by atoms with Gasteiger partial charge >= 0.3 is 0 Å².